The van der Waals surface area contributed by atoms with Crippen molar-refractivity contribution in [3.05, 3.63) is 34.6 Å². The summed E-state index contributed by atoms with van der Waals surface area (Å²) in [5.41, 5.74) is 13.2. The van der Waals surface area contributed by atoms with Gasteiger partial charge in [-0.1, -0.05) is 11.6 Å². The van der Waals surface area contributed by atoms with Gasteiger partial charge < -0.3 is 41.8 Å². The Morgan fingerprint density at radius 1 is 1.30 bits per heavy atom. The van der Waals surface area contributed by atoms with Crippen LogP contribution in [0.25, 0.3) is 5.65 Å². The van der Waals surface area contributed by atoms with Gasteiger partial charge in [-0.25, -0.2) is 9.78 Å². The first kappa shape index (κ1) is 32.0. The highest BCUT2D eigenvalue weighted by Gasteiger charge is 2.35. The van der Waals surface area contributed by atoms with Gasteiger partial charge in [-0.3, -0.25) is 4.79 Å². The van der Waals surface area contributed by atoms with E-state index in [0.717, 1.165) is 0 Å². The lowest BCUT2D eigenvalue weighted by Gasteiger charge is -2.40. The van der Waals surface area contributed by atoms with Gasteiger partial charge in [0.15, 0.2) is 17.2 Å². The number of nitriles is 2. The first-order valence-electron chi connectivity index (χ1n) is 13.9. The van der Waals surface area contributed by atoms with Crippen molar-refractivity contribution in [1.29, 1.82) is 10.5 Å². The number of amides is 1. The van der Waals surface area contributed by atoms with Crippen molar-refractivity contribution in [3.8, 4) is 12.1 Å². The minimum Gasteiger partial charge on any atom is -0.457 e. The van der Waals surface area contributed by atoms with Crippen LogP contribution in [0.3, 0.4) is 0 Å². The molecule has 44 heavy (non-hydrogen) atoms. The van der Waals surface area contributed by atoms with Crippen LogP contribution in [0.2, 0.25) is 5.02 Å². The van der Waals surface area contributed by atoms with Crippen LogP contribution >= 0.6 is 11.6 Å². The molecule has 232 valence electrons. The monoisotopic (exact) mass is 624 g/mol. The number of benzene rings is 1. The van der Waals surface area contributed by atoms with E-state index in [2.05, 4.69) is 37.1 Å². The third-order valence-corrected chi connectivity index (χ3v) is 7.33. The van der Waals surface area contributed by atoms with Gasteiger partial charge in [-0.15, -0.1) is 5.10 Å². The van der Waals surface area contributed by atoms with Crippen LogP contribution in [0.15, 0.2) is 18.3 Å². The molecule has 1 amide bonds. The van der Waals surface area contributed by atoms with Gasteiger partial charge in [0.1, 0.15) is 18.2 Å². The van der Waals surface area contributed by atoms with E-state index in [0.29, 0.717) is 61.7 Å². The highest BCUT2D eigenvalue weighted by Crippen LogP contribution is 2.37. The van der Waals surface area contributed by atoms with Crippen LogP contribution in [-0.2, 0) is 14.3 Å². The van der Waals surface area contributed by atoms with E-state index in [1.807, 2.05) is 17.9 Å². The van der Waals surface area contributed by atoms with Crippen molar-refractivity contribution in [3.63, 3.8) is 0 Å². The van der Waals surface area contributed by atoms with E-state index < -0.39 is 30.3 Å². The molecule has 0 radical (unpaired) electrons. The SMILES string of the molecule is CCNc1nc(Nc2cc(C#N)cc(N3CC[C@@H](NC(=O)OC)[C@H](OC(=O)[C@@H](N)CCCN)C3)c2Cl)nn2c(C#N)cnc12. The molecule has 17 heteroatoms. The molecule has 1 fully saturated rings. The number of imidazole rings is 1. The smallest absolute Gasteiger partial charge is 0.407 e. The number of ether oxygens (including phenoxy) is 2. The van der Waals surface area contributed by atoms with Crippen LogP contribution in [0.4, 0.5) is 27.9 Å². The Morgan fingerprint density at radius 2 is 2.09 bits per heavy atom. The summed E-state index contributed by atoms with van der Waals surface area (Å²) < 4.78 is 11.9. The summed E-state index contributed by atoms with van der Waals surface area (Å²) in [7, 11) is 1.24. The summed E-state index contributed by atoms with van der Waals surface area (Å²) in [5.74, 6) is -0.125. The number of nitrogens with one attached hydrogen (secondary N) is 3. The molecule has 7 N–H and O–H groups in total. The zero-order valence-corrected chi connectivity index (χ0v) is 25.0. The van der Waals surface area contributed by atoms with Gasteiger partial charge >= 0.3 is 12.1 Å². The number of rotatable bonds is 11. The fourth-order valence-electron chi connectivity index (χ4n) is 4.73. The number of carbonyl (C=O) groups excluding carboxylic acids is 2. The summed E-state index contributed by atoms with van der Waals surface area (Å²) in [4.78, 5) is 35.4. The Balaban J connectivity index is 1.65. The molecular weight excluding hydrogens is 592 g/mol. The maximum atomic E-state index is 12.8. The first-order chi connectivity index (χ1) is 21.2. The fraction of sp³-hybridized carbons (Fsp3) is 0.444. The predicted molar refractivity (Wildman–Crippen MR) is 161 cm³/mol. The summed E-state index contributed by atoms with van der Waals surface area (Å²) >= 11 is 6.90. The van der Waals surface area contributed by atoms with Crippen LogP contribution in [0.1, 0.15) is 37.4 Å². The van der Waals surface area contributed by atoms with Crippen molar-refractivity contribution in [2.45, 2.75) is 44.4 Å². The molecule has 1 aromatic carbocycles. The summed E-state index contributed by atoms with van der Waals surface area (Å²) in [6.07, 6.45) is 1.18. The maximum absolute atomic E-state index is 12.8. The number of alkyl carbamates (subject to hydrolysis) is 1. The molecule has 0 spiro atoms. The lowest BCUT2D eigenvalue weighted by atomic mass is 10.00. The van der Waals surface area contributed by atoms with Gasteiger partial charge in [0.2, 0.25) is 5.95 Å². The number of hydrogen-bond donors (Lipinski definition) is 5. The lowest BCUT2D eigenvalue weighted by molar-refractivity contribution is -0.152. The van der Waals surface area contributed by atoms with Crippen molar-refractivity contribution in [1.82, 2.24) is 24.9 Å². The Labute approximate surface area is 258 Å². The molecule has 1 aliphatic heterocycles. The van der Waals surface area contributed by atoms with Crippen molar-refractivity contribution in [2.75, 3.05) is 48.8 Å². The van der Waals surface area contributed by atoms with Crippen molar-refractivity contribution < 1.29 is 19.1 Å². The second-order valence-electron chi connectivity index (χ2n) is 9.89. The minimum atomic E-state index is -0.879. The summed E-state index contributed by atoms with van der Waals surface area (Å²) in [6, 6.07) is 5.90. The van der Waals surface area contributed by atoms with Gasteiger partial charge in [0, 0.05) is 13.1 Å². The molecule has 0 saturated carbocycles. The number of methoxy groups -OCH3 is 1. The Bertz CT molecular complexity index is 1600. The molecule has 3 heterocycles. The normalized spacial score (nSPS) is 16.8. The quantitative estimate of drug-likeness (QED) is 0.191. The zero-order valence-electron chi connectivity index (χ0n) is 24.2. The number of hydrogen-bond acceptors (Lipinski definition) is 14. The Morgan fingerprint density at radius 3 is 2.77 bits per heavy atom. The number of halogens is 1. The molecule has 4 rings (SSSR count). The number of nitrogens with two attached hydrogens (primary N) is 2. The fourth-order valence-corrected chi connectivity index (χ4v) is 5.01. The third kappa shape index (κ3) is 7.17. The van der Waals surface area contributed by atoms with Crippen LogP contribution in [-0.4, -0.2) is 83.1 Å². The molecule has 1 saturated heterocycles. The Kier molecular flexibility index (Phi) is 10.6. The Hall–Kier alpha value is -4.90. The molecule has 2 aromatic heterocycles. The number of anilines is 4. The van der Waals surface area contributed by atoms with E-state index >= 15 is 0 Å². The number of fused-ring (bicyclic) bond motifs is 1. The molecule has 0 unspecified atom stereocenters. The van der Waals surface area contributed by atoms with E-state index in [4.69, 9.17) is 32.5 Å². The van der Waals surface area contributed by atoms with E-state index in [-0.39, 0.29) is 28.8 Å². The topological polar surface area (TPSA) is 235 Å². The zero-order chi connectivity index (χ0) is 31.8. The third-order valence-electron chi connectivity index (χ3n) is 6.93. The lowest BCUT2D eigenvalue weighted by Crippen LogP contribution is -2.56. The maximum Gasteiger partial charge on any atom is 0.407 e. The standard InChI is InChI=1S/C27H33ClN12O4/c1-3-33-23-24-34-13-16(12-31)40(24)38-26(37-23)35-19-9-15(11-30)10-20(22(19)28)39-8-6-18(36-27(42)43-2)21(14-39)44-25(41)17(32)5-4-7-29/h9-10,13,17-18,21H,3-8,14,29,32H2,1-2H3,(H,36,42)(H2,33,35,37,38)/t17-,18+,21+/m0/s1. The second-order valence-corrected chi connectivity index (χ2v) is 10.3. The molecule has 3 aromatic rings. The number of esters is 1. The second kappa shape index (κ2) is 14.5. The molecule has 3 atom stereocenters. The highest BCUT2D eigenvalue weighted by atomic mass is 35.5. The van der Waals surface area contributed by atoms with Gasteiger partial charge in [0.05, 0.1) is 53.9 Å². The van der Waals surface area contributed by atoms with Gasteiger partial charge in [0.25, 0.3) is 0 Å². The summed E-state index contributed by atoms with van der Waals surface area (Å²) in [5, 5.41) is 32.8. The van der Waals surface area contributed by atoms with E-state index in [1.165, 1.54) is 17.8 Å². The van der Waals surface area contributed by atoms with Crippen molar-refractivity contribution in [2.24, 2.45) is 11.5 Å². The number of aromatic nitrogens is 4. The number of carbonyl (C=O) groups is 2. The number of nitrogens with zero attached hydrogens (tertiary/aromatic N) is 7. The molecular formula is C27H33ClN12O4. The van der Waals surface area contributed by atoms with E-state index in [9.17, 15) is 20.1 Å². The van der Waals surface area contributed by atoms with Gasteiger partial charge in [-0.05, 0) is 44.9 Å². The first-order valence-corrected chi connectivity index (χ1v) is 14.3. The summed E-state index contributed by atoms with van der Waals surface area (Å²) in [6.45, 7) is 3.34. The largest absolute Gasteiger partial charge is 0.457 e. The minimum absolute atomic E-state index is 0.102. The van der Waals surface area contributed by atoms with Crippen LogP contribution < -0.4 is 32.3 Å². The number of piperidine rings is 1. The average Bonchev–Trinajstić information content (AvgIpc) is 3.45. The van der Waals surface area contributed by atoms with Gasteiger partial charge in [-0.2, -0.15) is 20.0 Å². The predicted octanol–water partition coefficient (Wildman–Crippen LogP) is 1.61. The molecule has 0 aliphatic carbocycles. The molecule has 16 nitrogen and oxygen atoms in total. The van der Waals surface area contributed by atoms with Crippen LogP contribution in [0, 0.1) is 22.7 Å². The molecule has 0 bridgehead atoms. The van der Waals surface area contributed by atoms with E-state index in [1.54, 1.807) is 12.1 Å². The average molecular weight is 625 g/mol. The van der Waals surface area contributed by atoms with Crippen LogP contribution in [0.5, 0.6) is 0 Å². The highest BCUT2D eigenvalue weighted by molar-refractivity contribution is 6.36. The van der Waals surface area contributed by atoms with Crippen molar-refractivity contribution >= 4 is 52.5 Å². The molecule has 1 aliphatic rings.